The first kappa shape index (κ1) is 16.3. The lowest BCUT2D eigenvalue weighted by Crippen LogP contribution is -2.54. The largest absolute Gasteiger partial charge is 0.386 e. The molecule has 0 aromatic carbocycles. The molecule has 0 aliphatic carbocycles. The summed E-state index contributed by atoms with van der Waals surface area (Å²) in [6, 6.07) is 7.36. The summed E-state index contributed by atoms with van der Waals surface area (Å²) in [7, 11) is 1.69. The molecule has 1 N–H and O–H groups in total. The number of β-amino-alcohol motifs (C(OH)–C–C–N with tert-alkyl or cyclic N) is 1. The van der Waals surface area contributed by atoms with E-state index in [0.29, 0.717) is 18.5 Å². The van der Waals surface area contributed by atoms with Crippen molar-refractivity contribution in [3.8, 4) is 0 Å². The molecule has 1 aliphatic rings. The first-order valence-electron chi connectivity index (χ1n) is 7.98. The highest BCUT2D eigenvalue weighted by Crippen LogP contribution is 2.25. The average molecular weight is 327 g/mol. The maximum absolute atomic E-state index is 12.4. The number of aromatic nitrogens is 3. The molecule has 24 heavy (non-hydrogen) atoms. The number of hydrogen-bond acceptors (Lipinski definition) is 6. The number of rotatable bonds is 4. The van der Waals surface area contributed by atoms with Crippen LogP contribution in [0.4, 0.5) is 5.82 Å². The Morgan fingerprint density at radius 2 is 2.21 bits per heavy atom. The van der Waals surface area contributed by atoms with Crippen molar-refractivity contribution in [1.29, 1.82) is 0 Å². The topological polar surface area (TPSA) is 82.5 Å². The number of piperidine rings is 1. The first-order valence-corrected chi connectivity index (χ1v) is 7.98. The van der Waals surface area contributed by atoms with Crippen molar-refractivity contribution in [2.75, 3.05) is 31.6 Å². The van der Waals surface area contributed by atoms with Crippen LogP contribution in [0.15, 0.2) is 42.9 Å². The van der Waals surface area contributed by atoms with Crippen LogP contribution in [0.1, 0.15) is 23.2 Å². The zero-order valence-electron chi connectivity index (χ0n) is 13.7. The Hall–Kier alpha value is -2.54. The molecule has 1 aliphatic heterocycles. The van der Waals surface area contributed by atoms with Crippen LogP contribution in [0.3, 0.4) is 0 Å². The first-order chi connectivity index (χ1) is 11.6. The molecule has 0 bridgehead atoms. The molecule has 3 heterocycles. The molecular formula is C17H21N5O2. The van der Waals surface area contributed by atoms with Crippen molar-refractivity contribution in [2.45, 2.75) is 18.4 Å². The summed E-state index contributed by atoms with van der Waals surface area (Å²) in [6.07, 6.45) is 6.17. The van der Waals surface area contributed by atoms with Gasteiger partial charge in [0.2, 0.25) is 0 Å². The van der Waals surface area contributed by atoms with E-state index in [0.717, 1.165) is 18.8 Å². The second-order valence-corrected chi connectivity index (χ2v) is 6.23. The second-order valence-electron chi connectivity index (χ2n) is 6.23. The standard InChI is InChI=1S/C17H21N5O2/c1-21(16(23)14-6-9-19-20-11-14)12-17(24)7-4-10-22(13-17)15-5-2-3-8-18-15/h2-3,5-6,8-9,11,24H,4,7,10,12-13H2,1H3. The van der Waals surface area contributed by atoms with E-state index >= 15 is 0 Å². The van der Waals surface area contributed by atoms with Crippen LogP contribution in [-0.2, 0) is 0 Å². The Bertz CT molecular complexity index is 682. The van der Waals surface area contributed by atoms with E-state index in [9.17, 15) is 9.90 Å². The van der Waals surface area contributed by atoms with E-state index in [2.05, 4.69) is 20.1 Å². The van der Waals surface area contributed by atoms with E-state index in [1.165, 1.54) is 12.4 Å². The second kappa shape index (κ2) is 6.92. The SMILES string of the molecule is CN(CC1(O)CCCN(c2ccccn2)C1)C(=O)c1ccnnc1. The Kier molecular flexibility index (Phi) is 4.71. The molecule has 126 valence electrons. The minimum absolute atomic E-state index is 0.173. The summed E-state index contributed by atoms with van der Waals surface area (Å²) < 4.78 is 0. The van der Waals surface area contributed by atoms with Crippen molar-refractivity contribution in [3.05, 3.63) is 48.4 Å². The summed E-state index contributed by atoms with van der Waals surface area (Å²) in [6.45, 7) is 1.57. The lowest BCUT2D eigenvalue weighted by Gasteiger charge is -2.41. The predicted molar refractivity (Wildman–Crippen MR) is 89.6 cm³/mol. The molecule has 7 heteroatoms. The smallest absolute Gasteiger partial charge is 0.255 e. The normalized spacial score (nSPS) is 20.7. The third-order valence-electron chi connectivity index (χ3n) is 4.24. The molecule has 0 saturated carbocycles. The molecule has 3 rings (SSSR count). The number of carbonyl (C=O) groups is 1. The summed E-state index contributed by atoms with van der Waals surface area (Å²) >= 11 is 0. The number of carbonyl (C=O) groups excluding carboxylic acids is 1. The highest BCUT2D eigenvalue weighted by Gasteiger charge is 2.36. The summed E-state index contributed by atoms with van der Waals surface area (Å²) in [5.41, 5.74) is -0.492. The van der Waals surface area contributed by atoms with Gasteiger partial charge in [0.05, 0.1) is 30.1 Å². The van der Waals surface area contributed by atoms with Crippen molar-refractivity contribution in [3.63, 3.8) is 0 Å². The summed E-state index contributed by atoms with van der Waals surface area (Å²) in [5, 5.41) is 18.4. The molecule has 1 fully saturated rings. The van der Waals surface area contributed by atoms with Crippen LogP contribution >= 0.6 is 0 Å². The lowest BCUT2D eigenvalue weighted by atomic mass is 9.92. The monoisotopic (exact) mass is 327 g/mol. The average Bonchev–Trinajstić information content (AvgIpc) is 2.62. The molecule has 2 aromatic heterocycles. The van der Waals surface area contributed by atoms with Gasteiger partial charge in [0, 0.05) is 26.3 Å². The van der Waals surface area contributed by atoms with Crippen molar-refractivity contribution >= 4 is 11.7 Å². The highest BCUT2D eigenvalue weighted by molar-refractivity contribution is 5.93. The Balaban J connectivity index is 1.68. The highest BCUT2D eigenvalue weighted by atomic mass is 16.3. The van der Waals surface area contributed by atoms with Crippen molar-refractivity contribution in [1.82, 2.24) is 20.1 Å². The number of anilines is 1. The molecule has 2 aromatic rings. The fraction of sp³-hybridized carbons (Fsp3) is 0.412. The van der Waals surface area contributed by atoms with Gasteiger partial charge in [-0.15, -0.1) is 0 Å². The van der Waals surface area contributed by atoms with Gasteiger partial charge < -0.3 is 14.9 Å². The van der Waals surface area contributed by atoms with Gasteiger partial charge in [-0.3, -0.25) is 4.79 Å². The zero-order valence-corrected chi connectivity index (χ0v) is 13.7. The molecule has 7 nitrogen and oxygen atoms in total. The van der Waals surface area contributed by atoms with Gasteiger partial charge in [0.25, 0.3) is 5.91 Å². The van der Waals surface area contributed by atoms with Gasteiger partial charge in [0.15, 0.2) is 0 Å². The van der Waals surface area contributed by atoms with Crippen molar-refractivity contribution in [2.24, 2.45) is 0 Å². The lowest BCUT2D eigenvalue weighted by molar-refractivity contribution is -0.000148. The van der Waals surface area contributed by atoms with Crippen LogP contribution in [0, 0.1) is 0 Å². The molecule has 1 unspecified atom stereocenters. The maximum atomic E-state index is 12.4. The van der Waals surface area contributed by atoms with Gasteiger partial charge >= 0.3 is 0 Å². The number of hydrogen-bond donors (Lipinski definition) is 1. The minimum Gasteiger partial charge on any atom is -0.386 e. The molecule has 0 radical (unpaired) electrons. The summed E-state index contributed by atoms with van der Waals surface area (Å²) in [4.78, 5) is 20.4. The fourth-order valence-electron chi connectivity index (χ4n) is 3.13. The third kappa shape index (κ3) is 3.68. The van der Waals surface area contributed by atoms with Crippen molar-refractivity contribution < 1.29 is 9.90 Å². The van der Waals surface area contributed by atoms with Crippen LogP contribution in [0.25, 0.3) is 0 Å². The Morgan fingerprint density at radius 3 is 2.92 bits per heavy atom. The number of pyridine rings is 1. The number of likely N-dealkylation sites (N-methyl/N-ethyl adjacent to an activating group) is 1. The van der Waals surface area contributed by atoms with E-state index in [4.69, 9.17) is 0 Å². The van der Waals surface area contributed by atoms with E-state index < -0.39 is 5.60 Å². The minimum atomic E-state index is -0.958. The molecular weight excluding hydrogens is 306 g/mol. The predicted octanol–water partition coefficient (Wildman–Crippen LogP) is 0.975. The molecule has 1 amide bonds. The van der Waals surface area contributed by atoms with E-state index in [-0.39, 0.29) is 12.5 Å². The molecule has 1 saturated heterocycles. The van der Waals surface area contributed by atoms with Gasteiger partial charge in [0.1, 0.15) is 5.82 Å². The van der Waals surface area contributed by atoms with Crippen LogP contribution in [-0.4, -0.2) is 63.4 Å². The van der Waals surface area contributed by atoms with Crippen LogP contribution in [0.2, 0.25) is 0 Å². The number of aliphatic hydroxyl groups is 1. The fourth-order valence-corrected chi connectivity index (χ4v) is 3.13. The van der Waals surface area contributed by atoms with Crippen LogP contribution < -0.4 is 4.90 Å². The zero-order chi connectivity index (χ0) is 17.0. The van der Waals surface area contributed by atoms with Gasteiger partial charge in [-0.1, -0.05) is 6.07 Å². The van der Waals surface area contributed by atoms with E-state index in [1.54, 1.807) is 24.2 Å². The number of nitrogens with zero attached hydrogens (tertiary/aromatic N) is 5. The van der Waals surface area contributed by atoms with Gasteiger partial charge in [-0.2, -0.15) is 10.2 Å². The maximum Gasteiger partial charge on any atom is 0.255 e. The molecule has 1 atom stereocenters. The van der Waals surface area contributed by atoms with Gasteiger partial charge in [-0.05, 0) is 31.0 Å². The van der Waals surface area contributed by atoms with E-state index in [1.807, 2.05) is 18.2 Å². The Labute approximate surface area is 141 Å². The van der Waals surface area contributed by atoms with Gasteiger partial charge in [-0.25, -0.2) is 4.98 Å². The molecule has 0 spiro atoms. The number of amides is 1. The third-order valence-corrected chi connectivity index (χ3v) is 4.24. The van der Waals surface area contributed by atoms with Crippen LogP contribution in [0.5, 0.6) is 0 Å². The summed E-state index contributed by atoms with van der Waals surface area (Å²) in [5.74, 6) is 0.677. The Morgan fingerprint density at radius 1 is 1.33 bits per heavy atom. The quantitative estimate of drug-likeness (QED) is 0.901.